The van der Waals surface area contributed by atoms with Crippen molar-refractivity contribution in [2.45, 2.75) is 0 Å². The molecular weight excluding hydrogens is 308 g/mol. The maximum absolute atomic E-state index is 0. The van der Waals surface area contributed by atoms with E-state index in [-0.39, 0.29) is 160 Å². The van der Waals surface area contributed by atoms with Crippen LogP contribution in [0.1, 0.15) is 0 Å². The van der Waals surface area contributed by atoms with Crippen LogP contribution in [0.15, 0.2) is 0 Å². The van der Waals surface area contributed by atoms with Crippen molar-refractivity contribution in [3.63, 3.8) is 0 Å². The summed E-state index contributed by atoms with van der Waals surface area (Å²) in [6.45, 7) is 0. The Hall–Kier alpha value is 5.01. The van der Waals surface area contributed by atoms with E-state index in [2.05, 4.69) is 0 Å². The fourth-order valence-electron chi connectivity index (χ4n) is 0. The molecule has 5 heavy (non-hydrogen) atoms. The van der Waals surface area contributed by atoms with Crippen LogP contribution < -0.4 is 0 Å². The molecule has 0 heterocycles. The molecule has 0 saturated carbocycles. The van der Waals surface area contributed by atoms with Gasteiger partial charge in [0, 0.05) is 0 Å². The second-order valence-corrected chi connectivity index (χ2v) is 0. The van der Waals surface area contributed by atoms with E-state index < -0.39 is 0 Å². The summed E-state index contributed by atoms with van der Waals surface area (Å²) in [6, 6.07) is 0. The first kappa shape index (κ1) is 32.4. The molecule has 5 heteroatoms. The van der Waals surface area contributed by atoms with Gasteiger partial charge in [-0.2, -0.15) is 0 Å². The van der Waals surface area contributed by atoms with Crippen molar-refractivity contribution in [3.05, 3.63) is 0 Å². The normalized spacial score (nSPS) is 0. The van der Waals surface area contributed by atoms with Crippen molar-refractivity contribution in [2.24, 2.45) is 0 Å². The molecule has 0 aromatic heterocycles. The Morgan fingerprint density at radius 3 is 1.00 bits per heavy atom. The van der Waals surface area contributed by atoms with Gasteiger partial charge in [-0.3, -0.25) is 4.70 Å². The Labute approximate surface area is 154 Å². The monoisotopic (exact) mass is 318 g/mol. The van der Waals surface area contributed by atoms with Crippen molar-refractivity contribution < 1.29 is 4.70 Å². The van der Waals surface area contributed by atoms with E-state index in [1.165, 1.54) is 0 Å². The third-order valence-electron chi connectivity index (χ3n) is 0. The second-order valence-electron chi connectivity index (χ2n) is 0. The summed E-state index contributed by atoms with van der Waals surface area (Å²) in [5, 5.41) is 0. The summed E-state index contributed by atoms with van der Waals surface area (Å²) in [5.74, 6) is 0. The molecule has 0 unspecified atom stereocenters. The average Bonchev–Trinajstić information content (AvgIpc) is 0. The molecule has 0 atom stereocenters. The van der Waals surface area contributed by atoms with Crippen LogP contribution in [0.2, 0.25) is 0 Å². The molecule has 0 aromatic carbocycles. The van der Waals surface area contributed by atoms with Gasteiger partial charge in [-0.1, -0.05) is 0 Å². The van der Waals surface area contributed by atoms with E-state index in [1.54, 1.807) is 0 Å². The summed E-state index contributed by atoms with van der Waals surface area (Å²) in [7, 11) is 0. The van der Waals surface area contributed by atoms with Crippen LogP contribution in [0.3, 0.4) is 0 Å². The quantitative estimate of drug-likeness (QED) is 0.407. The molecule has 0 nitrogen and oxygen atoms in total. The van der Waals surface area contributed by atoms with Crippen LogP contribution in [-0.2, 0) is 0 Å². The van der Waals surface area contributed by atoms with E-state index in [4.69, 9.17) is 0 Å². The first-order chi connectivity index (χ1) is 0. The molecule has 0 radical (unpaired) electrons. The van der Waals surface area contributed by atoms with Gasteiger partial charge in [-0.15, -0.1) is 0 Å². The molecule has 0 rings (SSSR count). The molecule has 24 valence electrons. The molecule has 0 aromatic rings. The van der Waals surface area contributed by atoms with Crippen molar-refractivity contribution in [3.8, 4) is 0 Å². The van der Waals surface area contributed by atoms with Crippen LogP contribution in [0.25, 0.3) is 0 Å². The van der Waals surface area contributed by atoms with Crippen molar-refractivity contribution in [2.75, 3.05) is 0 Å². The summed E-state index contributed by atoms with van der Waals surface area (Å²) >= 11 is 0. The van der Waals surface area contributed by atoms with Gasteiger partial charge >= 0.3 is 155 Å². The van der Waals surface area contributed by atoms with Crippen LogP contribution in [0, 0.1) is 0 Å². The first-order valence-corrected chi connectivity index (χ1v) is 0. The summed E-state index contributed by atoms with van der Waals surface area (Å²) in [4.78, 5) is 0. The summed E-state index contributed by atoms with van der Waals surface area (Å²) in [6.07, 6.45) is 0. The van der Waals surface area contributed by atoms with Gasteiger partial charge in [-0.25, -0.2) is 0 Å². The minimum atomic E-state index is 0. The molecule has 0 aliphatic rings. The van der Waals surface area contributed by atoms with E-state index in [9.17, 15) is 0 Å². The molecule has 0 aliphatic carbocycles. The fraction of sp³-hybridized carbons (Fsp3) is 0. The molecule has 0 bridgehead atoms. The Morgan fingerprint density at radius 2 is 1.00 bits per heavy atom. The Morgan fingerprint density at radius 1 is 1.00 bits per heavy atom. The fourth-order valence-corrected chi connectivity index (χ4v) is 0. The van der Waals surface area contributed by atoms with Crippen LogP contribution in [-0.4, -0.2) is 155 Å². The molecule has 0 amide bonds. The third-order valence-corrected chi connectivity index (χ3v) is 0. The number of halogens is 1. The van der Waals surface area contributed by atoms with Gasteiger partial charge in [0.25, 0.3) is 0 Å². The molecule has 0 N–H and O–H groups in total. The van der Waals surface area contributed by atoms with Gasteiger partial charge in [-0.05, 0) is 0 Å². The Bertz CT molecular complexity index is 11.6. The first-order valence-electron chi connectivity index (χ1n) is 0. The number of hydrogen-bond acceptors (Lipinski definition) is 0. The third kappa shape index (κ3) is 17.6. The predicted molar refractivity (Wildman–Crippen MR) is 36.7 cm³/mol. The van der Waals surface area contributed by atoms with E-state index in [0.29, 0.717) is 0 Å². The topological polar surface area (TPSA) is 0 Å². The Balaban J connectivity index is 0. The van der Waals surface area contributed by atoms with Crippen LogP contribution >= 0.6 is 0 Å². The number of rotatable bonds is 0. The zero-order valence-corrected chi connectivity index (χ0v) is 0.408. The molecular formula is H9BaCaFMgSr. The number of hydrogen-bond donors (Lipinski definition) is 0. The van der Waals surface area contributed by atoms with Crippen LogP contribution in [0.4, 0.5) is 4.70 Å². The van der Waals surface area contributed by atoms with Crippen LogP contribution in [0.5, 0.6) is 0 Å². The molecule has 0 saturated heterocycles. The zero-order valence-electron chi connectivity index (χ0n) is 0.408. The molecule has 0 spiro atoms. The van der Waals surface area contributed by atoms with Crippen molar-refractivity contribution in [1.82, 2.24) is 0 Å². The van der Waals surface area contributed by atoms with Crippen molar-refractivity contribution >= 4 is 155 Å². The zero-order chi connectivity index (χ0) is 0. The van der Waals surface area contributed by atoms with Crippen molar-refractivity contribution in [1.29, 1.82) is 0 Å². The Kier molecular flexibility index (Phi) is 149. The summed E-state index contributed by atoms with van der Waals surface area (Å²) in [5.41, 5.74) is 0. The van der Waals surface area contributed by atoms with E-state index >= 15 is 0 Å². The van der Waals surface area contributed by atoms with E-state index in [1.807, 2.05) is 0 Å². The summed E-state index contributed by atoms with van der Waals surface area (Å²) < 4.78 is 0. The average molecular weight is 317 g/mol. The standard InChI is InChI=1S/Ba.Ca.FH.Mg.Sr.8H/h;;1H;;;;;;;;;;. The van der Waals surface area contributed by atoms with Gasteiger partial charge in [0.05, 0.1) is 0 Å². The minimum absolute atomic E-state index is 0. The van der Waals surface area contributed by atoms with Gasteiger partial charge in [0.15, 0.2) is 0 Å². The van der Waals surface area contributed by atoms with Gasteiger partial charge in [0.1, 0.15) is 0 Å². The van der Waals surface area contributed by atoms with E-state index in [0.717, 1.165) is 0 Å². The molecule has 0 fully saturated rings. The van der Waals surface area contributed by atoms with Gasteiger partial charge in [0.2, 0.25) is 0 Å². The maximum atomic E-state index is 0. The SMILES string of the molecule is F.[BaH2].[CaH2].[MgH2].[SrH2]. The van der Waals surface area contributed by atoms with Gasteiger partial charge < -0.3 is 0 Å². The predicted octanol–water partition coefficient (Wildman–Crippen LogP) is -3.51. The second kappa shape index (κ2) is 23.0. The molecule has 0 aliphatic heterocycles.